The minimum Gasteiger partial charge on any atom is -0.380 e. The molecule has 21 heavy (non-hydrogen) atoms. The summed E-state index contributed by atoms with van der Waals surface area (Å²) in [6, 6.07) is 9.62. The van der Waals surface area contributed by atoms with Gasteiger partial charge in [0.1, 0.15) is 0 Å². The van der Waals surface area contributed by atoms with Crippen molar-refractivity contribution < 1.29 is 4.74 Å². The Labute approximate surface area is 128 Å². The van der Waals surface area contributed by atoms with Crippen LogP contribution >= 0.6 is 0 Å². The molecule has 1 saturated carbocycles. The Morgan fingerprint density at radius 2 is 2.05 bits per heavy atom. The normalized spacial score (nSPS) is 19.6. The van der Waals surface area contributed by atoms with E-state index in [2.05, 4.69) is 40.6 Å². The Morgan fingerprint density at radius 3 is 2.71 bits per heavy atom. The zero-order chi connectivity index (χ0) is 14.5. The third kappa shape index (κ3) is 4.40. The van der Waals surface area contributed by atoms with Crippen molar-refractivity contribution in [2.45, 2.75) is 38.4 Å². The molecular weight excluding hydrogens is 260 g/mol. The molecule has 1 aromatic rings. The Bertz CT molecular complexity index is 494. The predicted octanol–water partition coefficient (Wildman–Crippen LogP) is 2.72. The maximum atomic E-state index is 5.22. The molecule has 3 nitrogen and oxygen atoms in total. The largest absolute Gasteiger partial charge is 0.380 e. The molecule has 0 radical (unpaired) electrons. The maximum Gasteiger partial charge on any atom is 0.0673 e. The predicted molar refractivity (Wildman–Crippen MR) is 86.2 cm³/mol. The Kier molecular flexibility index (Phi) is 5.07. The fourth-order valence-corrected chi connectivity index (χ4v) is 2.88. The van der Waals surface area contributed by atoms with Crippen LogP contribution in [0.5, 0.6) is 0 Å². The van der Waals surface area contributed by atoms with Crippen molar-refractivity contribution in [2.24, 2.45) is 0 Å². The quantitative estimate of drug-likeness (QED) is 0.780. The van der Waals surface area contributed by atoms with Gasteiger partial charge in [0.05, 0.1) is 6.61 Å². The van der Waals surface area contributed by atoms with Crippen molar-refractivity contribution in [3.63, 3.8) is 0 Å². The molecule has 2 aliphatic rings. The first kappa shape index (κ1) is 14.8. The zero-order valence-corrected chi connectivity index (χ0v) is 13.0. The number of hydrogen-bond acceptors (Lipinski definition) is 3. The molecule has 0 spiro atoms. The van der Waals surface area contributed by atoms with Crippen LogP contribution in [0, 0.1) is 0 Å². The van der Waals surface area contributed by atoms with E-state index in [1.165, 1.54) is 29.5 Å². The average Bonchev–Trinajstić information content (AvgIpc) is 3.33. The first-order chi connectivity index (χ1) is 10.3. The third-order valence-corrected chi connectivity index (χ3v) is 4.39. The first-order valence-corrected chi connectivity index (χ1v) is 8.04. The van der Waals surface area contributed by atoms with Crippen LogP contribution in [-0.2, 0) is 17.8 Å². The second-order valence-electron chi connectivity index (χ2n) is 6.20. The molecule has 0 aromatic heterocycles. The van der Waals surface area contributed by atoms with Gasteiger partial charge in [-0.25, -0.2) is 0 Å². The van der Waals surface area contributed by atoms with Crippen LogP contribution in [0.25, 0.3) is 0 Å². The summed E-state index contributed by atoms with van der Waals surface area (Å²) >= 11 is 0. The van der Waals surface area contributed by atoms with Crippen LogP contribution in [0.15, 0.2) is 35.9 Å². The smallest absolute Gasteiger partial charge is 0.0673 e. The number of benzene rings is 1. The van der Waals surface area contributed by atoms with E-state index in [9.17, 15) is 0 Å². The molecule has 1 N–H and O–H groups in total. The minimum absolute atomic E-state index is 0.771. The van der Waals surface area contributed by atoms with E-state index in [0.717, 1.165) is 45.2 Å². The molecule has 1 aromatic carbocycles. The summed E-state index contributed by atoms with van der Waals surface area (Å²) in [7, 11) is 1.77. The molecule has 1 aliphatic heterocycles. The summed E-state index contributed by atoms with van der Waals surface area (Å²) in [5.74, 6) is 0. The summed E-state index contributed by atoms with van der Waals surface area (Å²) in [5.41, 5.74) is 4.36. The Hall–Kier alpha value is -1.16. The summed E-state index contributed by atoms with van der Waals surface area (Å²) in [5, 5.41) is 3.63. The SMILES string of the molecule is COCC1=CCN(Cc2ccccc2CNC2CC2)CC1. The van der Waals surface area contributed by atoms with Crippen LogP contribution in [0.3, 0.4) is 0 Å². The van der Waals surface area contributed by atoms with E-state index in [1.807, 2.05) is 0 Å². The minimum atomic E-state index is 0.771. The van der Waals surface area contributed by atoms with E-state index in [0.29, 0.717) is 0 Å². The highest BCUT2D eigenvalue weighted by atomic mass is 16.5. The lowest BCUT2D eigenvalue weighted by Gasteiger charge is -2.27. The van der Waals surface area contributed by atoms with Gasteiger partial charge in [-0.1, -0.05) is 30.3 Å². The molecular formula is C18H26N2O. The lowest BCUT2D eigenvalue weighted by Crippen LogP contribution is -2.29. The van der Waals surface area contributed by atoms with Gasteiger partial charge in [-0.3, -0.25) is 4.90 Å². The lowest BCUT2D eigenvalue weighted by atomic mass is 10.0. The van der Waals surface area contributed by atoms with Gasteiger partial charge in [0.25, 0.3) is 0 Å². The maximum absolute atomic E-state index is 5.22. The van der Waals surface area contributed by atoms with Gasteiger partial charge < -0.3 is 10.1 Å². The van der Waals surface area contributed by atoms with Gasteiger partial charge in [0.15, 0.2) is 0 Å². The number of hydrogen-bond donors (Lipinski definition) is 1. The van der Waals surface area contributed by atoms with Gasteiger partial charge >= 0.3 is 0 Å². The molecule has 1 heterocycles. The molecule has 0 amide bonds. The summed E-state index contributed by atoms with van der Waals surface area (Å²) in [6.07, 6.45) is 6.16. The molecule has 3 heteroatoms. The molecule has 0 saturated heterocycles. The van der Waals surface area contributed by atoms with Crippen LogP contribution in [0.4, 0.5) is 0 Å². The van der Waals surface area contributed by atoms with Crippen LogP contribution in [-0.4, -0.2) is 37.7 Å². The molecule has 1 aliphatic carbocycles. The molecule has 0 bridgehead atoms. The molecule has 0 unspecified atom stereocenters. The molecule has 114 valence electrons. The standard InChI is InChI=1S/C18H26N2O/c1-21-14-15-8-10-20(11-9-15)13-17-5-3-2-4-16(17)12-19-18-6-7-18/h2-5,8,18-19H,6-7,9-14H2,1H3. The summed E-state index contributed by atoms with van der Waals surface area (Å²) in [6.45, 7) is 5.04. The van der Waals surface area contributed by atoms with Crippen molar-refractivity contribution in [3.05, 3.63) is 47.0 Å². The molecule has 1 fully saturated rings. The highest BCUT2D eigenvalue weighted by Crippen LogP contribution is 2.21. The zero-order valence-electron chi connectivity index (χ0n) is 13.0. The average molecular weight is 286 g/mol. The van der Waals surface area contributed by atoms with Gasteiger partial charge in [0.2, 0.25) is 0 Å². The Balaban J connectivity index is 1.57. The monoisotopic (exact) mass is 286 g/mol. The number of methoxy groups -OCH3 is 1. The highest BCUT2D eigenvalue weighted by molar-refractivity contribution is 5.27. The van der Waals surface area contributed by atoms with E-state index >= 15 is 0 Å². The van der Waals surface area contributed by atoms with E-state index in [1.54, 1.807) is 7.11 Å². The second-order valence-corrected chi connectivity index (χ2v) is 6.20. The topological polar surface area (TPSA) is 24.5 Å². The van der Waals surface area contributed by atoms with Crippen molar-refractivity contribution >= 4 is 0 Å². The number of nitrogens with zero attached hydrogens (tertiary/aromatic N) is 1. The van der Waals surface area contributed by atoms with E-state index in [-0.39, 0.29) is 0 Å². The van der Waals surface area contributed by atoms with E-state index < -0.39 is 0 Å². The second kappa shape index (κ2) is 7.21. The fraction of sp³-hybridized carbons (Fsp3) is 0.556. The van der Waals surface area contributed by atoms with Crippen molar-refractivity contribution in [3.8, 4) is 0 Å². The van der Waals surface area contributed by atoms with Crippen molar-refractivity contribution in [1.29, 1.82) is 0 Å². The van der Waals surface area contributed by atoms with Crippen molar-refractivity contribution in [1.82, 2.24) is 10.2 Å². The van der Waals surface area contributed by atoms with Crippen LogP contribution in [0.1, 0.15) is 30.4 Å². The van der Waals surface area contributed by atoms with Crippen LogP contribution in [0.2, 0.25) is 0 Å². The van der Waals surface area contributed by atoms with Gasteiger partial charge in [-0.2, -0.15) is 0 Å². The van der Waals surface area contributed by atoms with Crippen LogP contribution < -0.4 is 5.32 Å². The van der Waals surface area contributed by atoms with Gasteiger partial charge in [-0.05, 0) is 36.0 Å². The third-order valence-electron chi connectivity index (χ3n) is 4.39. The fourth-order valence-electron chi connectivity index (χ4n) is 2.88. The molecule has 0 atom stereocenters. The molecule has 3 rings (SSSR count). The van der Waals surface area contributed by atoms with Gasteiger partial charge in [0, 0.05) is 39.3 Å². The van der Waals surface area contributed by atoms with E-state index in [4.69, 9.17) is 4.74 Å². The van der Waals surface area contributed by atoms with Crippen molar-refractivity contribution in [2.75, 3.05) is 26.8 Å². The number of rotatable bonds is 7. The summed E-state index contributed by atoms with van der Waals surface area (Å²) in [4.78, 5) is 2.52. The lowest BCUT2D eigenvalue weighted by molar-refractivity contribution is 0.210. The summed E-state index contributed by atoms with van der Waals surface area (Å²) < 4.78 is 5.22. The highest BCUT2D eigenvalue weighted by Gasteiger charge is 2.20. The number of ether oxygens (including phenoxy) is 1. The first-order valence-electron chi connectivity index (χ1n) is 8.04. The Morgan fingerprint density at radius 1 is 1.24 bits per heavy atom. The number of nitrogens with one attached hydrogen (secondary N) is 1. The van der Waals surface area contributed by atoms with Gasteiger partial charge in [-0.15, -0.1) is 0 Å².